The molecule has 4 nitrogen and oxygen atoms in total. The third kappa shape index (κ3) is 4.52. The van der Waals surface area contributed by atoms with Crippen LogP contribution in [0.1, 0.15) is 11.1 Å². The van der Waals surface area contributed by atoms with Crippen LogP contribution in [0.15, 0.2) is 79.1 Å². The van der Waals surface area contributed by atoms with Crippen molar-refractivity contribution < 1.29 is 14.8 Å². The summed E-state index contributed by atoms with van der Waals surface area (Å²) in [5, 5.41) is 26.1. The van der Waals surface area contributed by atoms with Gasteiger partial charge in [0.1, 0.15) is 0 Å². The van der Waals surface area contributed by atoms with E-state index in [2.05, 4.69) is 5.32 Å². The first-order valence-electron chi connectivity index (χ1n) is 8.24. The fourth-order valence-electron chi connectivity index (χ4n) is 2.58. The van der Waals surface area contributed by atoms with Crippen molar-refractivity contribution in [2.75, 3.05) is 5.32 Å². The summed E-state index contributed by atoms with van der Waals surface area (Å²) in [5.41, 5.74) is 2.03. The molecule has 0 atom stereocenters. The van der Waals surface area contributed by atoms with Gasteiger partial charge >= 0.3 is 0 Å². The van der Waals surface area contributed by atoms with Gasteiger partial charge in [0.15, 0.2) is 17.4 Å². The number of hydrogen-bond acceptors (Lipinski definition) is 3. The lowest BCUT2D eigenvalue weighted by Gasteiger charge is -2.18. The Kier molecular flexibility index (Phi) is 6.19. The standard InChI is InChI=1S/C21H17ClN2O2S/c22-18-11-5-4-10-17(18)20(26)19(24-12-6-7-15(13-24)14-25)21(27)23-16-8-2-1-3-9-16/h1-13,25H,14H2,(H-,23,26,27). The van der Waals surface area contributed by atoms with E-state index in [1.54, 1.807) is 53.4 Å². The molecule has 1 aromatic heterocycles. The maximum Gasteiger partial charge on any atom is 0.238 e. The van der Waals surface area contributed by atoms with Gasteiger partial charge in [0.05, 0.1) is 6.61 Å². The van der Waals surface area contributed by atoms with Crippen LogP contribution in [0.5, 0.6) is 0 Å². The number of aliphatic hydroxyl groups excluding tert-OH is 1. The fraction of sp³-hybridized carbons (Fsp3) is 0.0476. The average Bonchev–Trinajstić information content (AvgIpc) is 2.69. The summed E-state index contributed by atoms with van der Waals surface area (Å²) in [7, 11) is 0. The van der Waals surface area contributed by atoms with Crippen LogP contribution in [-0.4, -0.2) is 10.1 Å². The zero-order chi connectivity index (χ0) is 19.2. The molecular weight excluding hydrogens is 380 g/mol. The van der Waals surface area contributed by atoms with E-state index >= 15 is 0 Å². The Labute approximate surface area is 168 Å². The molecule has 1 heterocycles. The van der Waals surface area contributed by atoms with Gasteiger partial charge in [0, 0.05) is 22.3 Å². The largest absolute Gasteiger partial charge is 0.867 e. The van der Waals surface area contributed by atoms with E-state index in [1.807, 2.05) is 30.3 Å². The van der Waals surface area contributed by atoms with Crippen molar-refractivity contribution in [3.63, 3.8) is 0 Å². The van der Waals surface area contributed by atoms with Crippen LogP contribution in [0.4, 0.5) is 5.69 Å². The van der Waals surface area contributed by atoms with Crippen molar-refractivity contribution in [2.45, 2.75) is 6.61 Å². The normalized spacial score (nSPS) is 11.6. The summed E-state index contributed by atoms with van der Waals surface area (Å²) in [5.74, 6) is -0.311. The van der Waals surface area contributed by atoms with Gasteiger partial charge in [-0.3, -0.25) is 0 Å². The number of anilines is 1. The zero-order valence-corrected chi connectivity index (χ0v) is 15.9. The van der Waals surface area contributed by atoms with E-state index < -0.39 is 0 Å². The third-order valence-electron chi connectivity index (χ3n) is 3.88. The van der Waals surface area contributed by atoms with Crippen molar-refractivity contribution in [3.05, 3.63) is 95.3 Å². The first-order chi connectivity index (χ1) is 13.1. The first kappa shape index (κ1) is 19.0. The molecular formula is C21H17ClN2O2S. The van der Waals surface area contributed by atoms with Gasteiger partial charge in [-0.1, -0.05) is 60.2 Å². The molecule has 0 bridgehead atoms. The molecule has 136 valence electrons. The Balaban J connectivity index is 2.12. The van der Waals surface area contributed by atoms with Gasteiger partial charge in [-0.15, -0.1) is 0 Å². The molecule has 2 N–H and O–H groups in total. The second kappa shape index (κ2) is 8.77. The molecule has 0 amide bonds. The van der Waals surface area contributed by atoms with Crippen molar-refractivity contribution in [2.24, 2.45) is 0 Å². The fourth-order valence-corrected chi connectivity index (χ4v) is 3.12. The molecule has 0 radical (unpaired) electrons. The summed E-state index contributed by atoms with van der Waals surface area (Å²) in [6.07, 6.45) is 3.38. The monoisotopic (exact) mass is 396 g/mol. The van der Waals surface area contributed by atoms with Gasteiger partial charge in [-0.05, 0) is 35.6 Å². The third-order valence-corrected chi connectivity index (χ3v) is 4.51. The molecule has 6 heteroatoms. The summed E-state index contributed by atoms with van der Waals surface area (Å²) >= 11 is 11.8. The second-order valence-electron chi connectivity index (χ2n) is 5.76. The second-order valence-corrected chi connectivity index (χ2v) is 6.57. The van der Waals surface area contributed by atoms with Crippen molar-refractivity contribution in [3.8, 4) is 0 Å². The van der Waals surface area contributed by atoms with Gasteiger partial charge in [-0.25, -0.2) is 0 Å². The number of rotatable bonds is 5. The van der Waals surface area contributed by atoms with E-state index in [4.69, 9.17) is 23.8 Å². The van der Waals surface area contributed by atoms with E-state index in [9.17, 15) is 10.2 Å². The predicted molar refractivity (Wildman–Crippen MR) is 110 cm³/mol. The maximum absolute atomic E-state index is 13.3. The topological polar surface area (TPSA) is 59.2 Å². The summed E-state index contributed by atoms with van der Waals surface area (Å²) in [6.45, 7) is -0.146. The van der Waals surface area contributed by atoms with E-state index in [-0.39, 0.29) is 23.1 Å². The van der Waals surface area contributed by atoms with Gasteiger partial charge < -0.3 is 15.5 Å². The highest BCUT2D eigenvalue weighted by Crippen LogP contribution is 2.23. The van der Waals surface area contributed by atoms with Crippen molar-refractivity contribution in [1.29, 1.82) is 0 Å². The van der Waals surface area contributed by atoms with Crippen LogP contribution in [0.25, 0.3) is 11.5 Å². The van der Waals surface area contributed by atoms with Gasteiger partial charge in [0.2, 0.25) is 5.70 Å². The van der Waals surface area contributed by atoms with Crippen LogP contribution < -0.4 is 15.0 Å². The van der Waals surface area contributed by atoms with Crippen LogP contribution in [0.2, 0.25) is 5.02 Å². The zero-order valence-electron chi connectivity index (χ0n) is 14.3. The van der Waals surface area contributed by atoms with Crippen molar-refractivity contribution in [1.82, 2.24) is 0 Å². The summed E-state index contributed by atoms with van der Waals surface area (Å²) in [6, 6.07) is 19.7. The summed E-state index contributed by atoms with van der Waals surface area (Å²) in [4.78, 5) is 0.256. The molecule has 0 fully saturated rings. The number of thiocarbonyl (C=S) groups is 1. The molecule has 0 aliphatic rings. The molecule has 0 saturated carbocycles. The Bertz CT molecular complexity index is 990. The Morgan fingerprint density at radius 1 is 1.04 bits per heavy atom. The van der Waals surface area contributed by atoms with Crippen LogP contribution in [-0.2, 0) is 6.61 Å². The van der Waals surface area contributed by atoms with Crippen LogP contribution >= 0.6 is 23.8 Å². The molecule has 3 aromatic rings. The number of nitrogens with zero attached hydrogens (tertiary/aromatic N) is 1. The number of benzene rings is 2. The lowest BCUT2D eigenvalue weighted by molar-refractivity contribution is -0.578. The SMILES string of the molecule is [O-]C(=C(C(=S)Nc1ccccc1)[n+]1cccc(CO)c1)c1ccccc1Cl. The average molecular weight is 397 g/mol. The molecule has 0 spiro atoms. The Morgan fingerprint density at radius 3 is 2.44 bits per heavy atom. The lowest BCUT2D eigenvalue weighted by atomic mass is 10.1. The van der Waals surface area contributed by atoms with Crippen molar-refractivity contribution >= 4 is 46.0 Å². The molecule has 2 aromatic carbocycles. The highest BCUT2D eigenvalue weighted by molar-refractivity contribution is 7.81. The quantitative estimate of drug-likeness (QED) is 0.301. The van der Waals surface area contributed by atoms with E-state index in [0.717, 1.165) is 5.69 Å². The number of halogens is 1. The predicted octanol–water partition coefficient (Wildman–Crippen LogP) is 3.25. The lowest BCUT2D eigenvalue weighted by Crippen LogP contribution is -2.40. The van der Waals surface area contributed by atoms with E-state index in [0.29, 0.717) is 16.1 Å². The van der Waals surface area contributed by atoms with Crippen LogP contribution in [0.3, 0.4) is 0 Å². The van der Waals surface area contributed by atoms with Gasteiger partial charge in [0.25, 0.3) is 0 Å². The minimum absolute atomic E-state index is 0.146. The minimum atomic E-state index is -0.311. The smallest absolute Gasteiger partial charge is 0.238 e. The first-order valence-corrected chi connectivity index (χ1v) is 9.03. The highest BCUT2D eigenvalue weighted by Gasteiger charge is 2.20. The minimum Gasteiger partial charge on any atom is -0.867 e. The molecule has 0 unspecified atom stereocenters. The molecule has 3 rings (SSSR count). The molecule has 0 saturated heterocycles. The molecule has 0 aliphatic heterocycles. The number of para-hydroxylation sites is 1. The Morgan fingerprint density at radius 2 is 1.74 bits per heavy atom. The Hall–Kier alpha value is -2.73. The van der Waals surface area contributed by atoms with E-state index in [1.165, 1.54) is 0 Å². The molecule has 27 heavy (non-hydrogen) atoms. The summed E-state index contributed by atoms with van der Waals surface area (Å²) < 4.78 is 1.61. The number of hydrogen-bond donors (Lipinski definition) is 2. The highest BCUT2D eigenvalue weighted by atomic mass is 35.5. The van der Waals surface area contributed by atoms with Gasteiger partial charge in [-0.2, -0.15) is 4.57 Å². The number of pyridine rings is 1. The maximum atomic E-state index is 13.3. The molecule has 0 aliphatic carbocycles. The number of nitrogens with one attached hydrogen (secondary N) is 1. The number of aliphatic hydroxyl groups is 1. The van der Waals surface area contributed by atoms with Crippen LogP contribution in [0, 0.1) is 0 Å². The number of aromatic nitrogens is 1.